The van der Waals surface area contributed by atoms with Crippen LogP contribution in [0.15, 0.2) is 0 Å². The first-order valence-corrected chi connectivity index (χ1v) is 14.0. The number of hydrogen-bond acceptors (Lipinski definition) is 20. The molecule has 0 amide bonds. The lowest BCUT2D eigenvalue weighted by atomic mass is 9.96. The number of aliphatic hydroxyl groups is 13. The summed E-state index contributed by atoms with van der Waals surface area (Å²) in [5, 5.41) is 132. The molecule has 4 aliphatic rings. The highest BCUT2D eigenvalue weighted by atomic mass is 16.8. The standard InChI is InChI=1S/C24H42O20/c25-2-7-12(30)6(29)1-11(38-7)42-20-9(4-27)40-22(18(36)15(20)33)43-21-10(5-28)41-24(19(37)16(21)34)44-23-17(35)14(32)13(31)8(3-26)39-23/h6-37H,1-5H2/t6-,7-,8-,9-,10-,11-,12+,13-,14+,15-,16-,17-,18-,19-,20-,21-,22+,23-,24-/m1/s1. The Bertz CT molecular complexity index is 881. The normalized spacial score (nSPS) is 52.2. The second-order valence-electron chi connectivity index (χ2n) is 11.0. The molecule has 0 spiro atoms. The Balaban J connectivity index is 1.40. The molecule has 0 aliphatic carbocycles. The highest BCUT2D eigenvalue weighted by Crippen LogP contribution is 2.33. The van der Waals surface area contributed by atoms with E-state index in [2.05, 4.69) is 0 Å². The van der Waals surface area contributed by atoms with Crippen molar-refractivity contribution in [3.63, 3.8) is 0 Å². The van der Waals surface area contributed by atoms with E-state index >= 15 is 0 Å². The van der Waals surface area contributed by atoms with E-state index in [1.807, 2.05) is 0 Å². The Hall–Kier alpha value is -0.800. The molecule has 19 atom stereocenters. The van der Waals surface area contributed by atoms with Gasteiger partial charge in [0.1, 0.15) is 85.5 Å². The molecule has 4 saturated heterocycles. The SMILES string of the molecule is OC[C@H]1O[C@H](O[C@H]2O[C@H](CO)[C@@H](O[C@@H]3O[C@H](CO)[C@@H](O[C@@H]4C[C@@H](O)[C@H](O)[C@@H](CO)O4)[C@H](O)[C@H]3O)[C@H](O)[C@H]2O)[C@H](O)[C@@H](O)[C@@H]1O. The fourth-order valence-electron chi connectivity index (χ4n) is 5.46. The molecule has 4 heterocycles. The molecular weight excluding hydrogens is 608 g/mol. The van der Waals surface area contributed by atoms with Crippen molar-refractivity contribution in [1.82, 2.24) is 0 Å². The summed E-state index contributed by atoms with van der Waals surface area (Å²) >= 11 is 0. The summed E-state index contributed by atoms with van der Waals surface area (Å²) in [6.07, 6.45) is -31.4. The zero-order chi connectivity index (χ0) is 32.5. The fraction of sp³-hybridized carbons (Fsp3) is 1.00. The smallest absolute Gasteiger partial charge is 0.189 e. The van der Waals surface area contributed by atoms with Crippen molar-refractivity contribution in [3.05, 3.63) is 0 Å². The Morgan fingerprint density at radius 3 is 1.32 bits per heavy atom. The third kappa shape index (κ3) is 7.35. The summed E-state index contributed by atoms with van der Waals surface area (Å²) in [7, 11) is 0. The van der Waals surface area contributed by atoms with Crippen molar-refractivity contribution < 1.29 is 99.5 Å². The molecule has 20 nitrogen and oxygen atoms in total. The lowest BCUT2D eigenvalue weighted by Gasteiger charge is -2.48. The van der Waals surface area contributed by atoms with Crippen LogP contribution < -0.4 is 0 Å². The molecule has 0 unspecified atom stereocenters. The molecule has 13 N–H and O–H groups in total. The second-order valence-corrected chi connectivity index (χ2v) is 11.0. The van der Waals surface area contributed by atoms with E-state index in [0.29, 0.717) is 0 Å². The quantitative estimate of drug-likeness (QED) is 0.104. The predicted octanol–water partition coefficient (Wildman–Crippen LogP) is -8.72. The monoisotopic (exact) mass is 650 g/mol. The first-order chi connectivity index (χ1) is 20.9. The van der Waals surface area contributed by atoms with E-state index in [4.69, 9.17) is 33.2 Å². The van der Waals surface area contributed by atoms with Crippen LogP contribution in [0.2, 0.25) is 0 Å². The van der Waals surface area contributed by atoms with Gasteiger partial charge in [0, 0.05) is 6.42 Å². The topological polar surface area (TPSA) is 328 Å². The van der Waals surface area contributed by atoms with Gasteiger partial charge in [-0.1, -0.05) is 0 Å². The van der Waals surface area contributed by atoms with Crippen molar-refractivity contribution in [3.8, 4) is 0 Å². The minimum atomic E-state index is -1.98. The first kappa shape index (κ1) is 36.0. The average Bonchev–Trinajstić information content (AvgIpc) is 3.01. The van der Waals surface area contributed by atoms with Gasteiger partial charge in [-0.15, -0.1) is 0 Å². The van der Waals surface area contributed by atoms with Crippen molar-refractivity contribution in [2.24, 2.45) is 0 Å². The Kier molecular flexibility index (Phi) is 12.6. The van der Waals surface area contributed by atoms with E-state index in [0.717, 1.165) is 0 Å². The zero-order valence-corrected chi connectivity index (χ0v) is 23.2. The van der Waals surface area contributed by atoms with Gasteiger partial charge < -0.3 is 99.5 Å². The van der Waals surface area contributed by atoms with Crippen LogP contribution in [-0.4, -0.2) is 210 Å². The third-order valence-electron chi connectivity index (χ3n) is 8.07. The van der Waals surface area contributed by atoms with E-state index in [1.54, 1.807) is 0 Å². The number of rotatable bonds is 10. The van der Waals surface area contributed by atoms with Gasteiger partial charge in [-0.3, -0.25) is 0 Å². The minimum absolute atomic E-state index is 0.289. The van der Waals surface area contributed by atoms with Crippen LogP contribution in [0.3, 0.4) is 0 Å². The Morgan fingerprint density at radius 2 is 0.818 bits per heavy atom. The van der Waals surface area contributed by atoms with Crippen molar-refractivity contribution in [2.45, 2.75) is 123 Å². The second kappa shape index (κ2) is 15.4. The van der Waals surface area contributed by atoms with Crippen molar-refractivity contribution >= 4 is 0 Å². The first-order valence-electron chi connectivity index (χ1n) is 14.0. The summed E-state index contributed by atoms with van der Waals surface area (Å²) < 4.78 is 38.1. The summed E-state index contributed by atoms with van der Waals surface area (Å²) in [5.41, 5.74) is 0. The lowest BCUT2D eigenvalue weighted by molar-refractivity contribution is -0.395. The van der Waals surface area contributed by atoms with Crippen molar-refractivity contribution in [1.29, 1.82) is 0 Å². The highest BCUT2D eigenvalue weighted by molar-refractivity contribution is 4.96. The maximum atomic E-state index is 10.8. The molecule has 0 saturated carbocycles. The molecule has 20 heteroatoms. The summed E-state index contributed by atoms with van der Waals surface area (Å²) in [5.74, 6) is 0. The predicted molar refractivity (Wildman–Crippen MR) is 132 cm³/mol. The molecular formula is C24H42O20. The minimum Gasteiger partial charge on any atom is -0.394 e. The Morgan fingerprint density at radius 1 is 0.409 bits per heavy atom. The molecule has 0 aromatic rings. The maximum Gasteiger partial charge on any atom is 0.189 e. The van der Waals surface area contributed by atoms with Gasteiger partial charge in [-0.05, 0) is 0 Å². The van der Waals surface area contributed by atoms with Crippen LogP contribution >= 0.6 is 0 Å². The average molecular weight is 651 g/mol. The molecule has 4 rings (SSSR count). The van der Waals surface area contributed by atoms with Gasteiger partial charge in [0.2, 0.25) is 0 Å². The van der Waals surface area contributed by atoms with Gasteiger partial charge in [0.15, 0.2) is 25.2 Å². The number of ether oxygens (including phenoxy) is 7. The summed E-state index contributed by atoms with van der Waals surface area (Å²) in [6.45, 7) is -3.11. The van der Waals surface area contributed by atoms with Gasteiger partial charge >= 0.3 is 0 Å². The van der Waals surface area contributed by atoms with Crippen molar-refractivity contribution in [2.75, 3.05) is 26.4 Å². The lowest BCUT2D eigenvalue weighted by Crippen LogP contribution is -2.66. The molecule has 0 radical (unpaired) electrons. The summed E-state index contributed by atoms with van der Waals surface area (Å²) in [4.78, 5) is 0. The molecule has 0 aromatic heterocycles. The number of aliphatic hydroxyl groups excluding tert-OH is 13. The van der Waals surface area contributed by atoms with Crippen LogP contribution in [0, 0.1) is 0 Å². The van der Waals surface area contributed by atoms with E-state index in [-0.39, 0.29) is 6.42 Å². The molecule has 0 bridgehead atoms. The third-order valence-corrected chi connectivity index (χ3v) is 8.07. The van der Waals surface area contributed by atoms with Gasteiger partial charge in [0.25, 0.3) is 0 Å². The zero-order valence-electron chi connectivity index (χ0n) is 23.2. The highest BCUT2D eigenvalue weighted by Gasteiger charge is 2.54. The van der Waals surface area contributed by atoms with Crippen LogP contribution in [0.1, 0.15) is 6.42 Å². The van der Waals surface area contributed by atoms with Gasteiger partial charge in [0.05, 0.1) is 32.5 Å². The molecule has 4 aliphatic heterocycles. The van der Waals surface area contributed by atoms with E-state index in [1.165, 1.54) is 0 Å². The van der Waals surface area contributed by atoms with Gasteiger partial charge in [-0.2, -0.15) is 0 Å². The van der Waals surface area contributed by atoms with Crippen LogP contribution in [0.4, 0.5) is 0 Å². The number of hydrogen-bond donors (Lipinski definition) is 13. The Labute approximate surface area is 249 Å². The molecule has 4 fully saturated rings. The van der Waals surface area contributed by atoms with Crippen LogP contribution in [0.25, 0.3) is 0 Å². The van der Waals surface area contributed by atoms with Gasteiger partial charge in [-0.25, -0.2) is 0 Å². The fourth-order valence-corrected chi connectivity index (χ4v) is 5.46. The summed E-state index contributed by atoms with van der Waals surface area (Å²) in [6, 6.07) is 0. The van der Waals surface area contributed by atoms with Crippen LogP contribution in [-0.2, 0) is 33.2 Å². The van der Waals surface area contributed by atoms with E-state index in [9.17, 15) is 66.4 Å². The molecule has 44 heavy (non-hydrogen) atoms. The largest absolute Gasteiger partial charge is 0.394 e. The molecule has 0 aromatic carbocycles. The molecule has 258 valence electrons. The van der Waals surface area contributed by atoms with Crippen LogP contribution in [0.5, 0.6) is 0 Å². The van der Waals surface area contributed by atoms with E-state index < -0.39 is 143 Å². The maximum absolute atomic E-state index is 10.8.